The molecule has 1 aliphatic rings. The fourth-order valence-electron chi connectivity index (χ4n) is 2.62. The van der Waals surface area contributed by atoms with Crippen molar-refractivity contribution in [3.8, 4) is 5.75 Å². The monoisotopic (exact) mass is 322 g/mol. The number of rotatable bonds is 2. The first-order valence-corrected chi connectivity index (χ1v) is 7.27. The standard InChI is InChI=1S/C16H18O7/c1-7-5-12(17)23-11-6-9(3-4-10(7)11)22-16-15(20)14(19)13(18)8(2)21-16/h3-6,8,13-16,18-20H,1-2H3/t8?,13-,14+,15?,16+/m1/s1. The summed E-state index contributed by atoms with van der Waals surface area (Å²) in [4.78, 5) is 11.4. The summed E-state index contributed by atoms with van der Waals surface area (Å²) in [5.41, 5.74) is 0.670. The smallest absolute Gasteiger partial charge is 0.336 e. The molecule has 3 N–H and O–H groups in total. The van der Waals surface area contributed by atoms with Crippen LogP contribution >= 0.6 is 0 Å². The molecule has 0 spiro atoms. The van der Waals surface area contributed by atoms with E-state index in [0.717, 1.165) is 10.9 Å². The number of aryl methyl sites for hydroxylation is 1. The molecule has 2 unspecified atom stereocenters. The molecule has 0 amide bonds. The lowest BCUT2D eigenvalue weighted by Crippen LogP contribution is -2.58. The van der Waals surface area contributed by atoms with Crippen molar-refractivity contribution < 1.29 is 29.2 Å². The molecule has 1 saturated heterocycles. The summed E-state index contributed by atoms with van der Waals surface area (Å²) in [5, 5.41) is 30.2. The molecule has 7 nitrogen and oxygen atoms in total. The normalized spacial score (nSPS) is 31.3. The van der Waals surface area contributed by atoms with Crippen molar-refractivity contribution in [2.75, 3.05) is 0 Å². The average Bonchev–Trinajstić information content (AvgIpc) is 2.50. The highest BCUT2D eigenvalue weighted by molar-refractivity contribution is 5.81. The molecule has 3 rings (SSSR count). The van der Waals surface area contributed by atoms with E-state index in [4.69, 9.17) is 13.9 Å². The van der Waals surface area contributed by atoms with Gasteiger partial charge in [0.15, 0.2) is 0 Å². The average molecular weight is 322 g/mol. The molecule has 124 valence electrons. The molecule has 0 saturated carbocycles. The fourth-order valence-corrected chi connectivity index (χ4v) is 2.62. The van der Waals surface area contributed by atoms with Gasteiger partial charge < -0.3 is 29.2 Å². The van der Waals surface area contributed by atoms with Gasteiger partial charge in [0.1, 0.15) is 29.6 Å². The molecule has 23 heavy (non-hydrogen) atoms. The van der Waals surface area contributed by atoms with Crippen LogP contribution < -0.4 is 10.4 Å². The molecule has 5 atom stereocenters. The van der Waals surface area contributed by atoms with Crippen LogP contribution in [0.3, 0.4) is 0 Å². The van der Waals surface area contributed by atoms with Gasteiger partial charge in [0.25, 0.3) is 0 Å². The summed E-state index contributed by atoms with van der Waals surface area (Å²) < 4.78 is 16.0. The van der Waals surface area contributed by atoms with Crippen LogP contribution in [0.25, 0.3) is 11.0 Å². The summed E-state index contributed by atoms with van der Waals surface area (Å²) in [6.45, 7) is 3.37. The van der Waals surface area contributed by atoms with Crippen LogP contribution in [0.4, 0.5) is 0 Å². The van der Waals surface area contributed by atoms with Crippen LogP contribution in [0.2, 0.25) is 0 Å². The molecule has 7 heteroatoms. The van der Waals surface area contributed by atoms with E-state index in [1.165, 1.54) is 12.1 Å². The third kappa shape index (κ3) is 2.96. The van der Waals surface area contributed by atoms with Gasteiger partial charge in [-0.2, -0.15) is 0 Å². The number of aliphatic hydroxyl groups excluding tert-OH is 3. The Balaban J connectivity index is 1.88. The number of benzene rings is 1. The van der Waals surface area contributed by atoms with E-state index in [2.05, 4.69) is 0 Å². The lowest BCUT2D eigenvalue weighted by atomic mass is 10.00. The second-order valence-corrected chi connectivity index (χ2v) is 5.71. The zero-order valence-electron chi connectivity index (χ0n) is 12.7. The van der Waals surface area contributed by atoms with Crippen molar-refractivity contribution in [1.82, 2.24) is 0 Å². The van der Waals surface area contributed by atoms with E-state index >= 15 is 0 Å². The lowest BCUT2D eigenvalue weighted by Gasteiger charge is -2.38. The zero-order valence-corrected chi connectivity index (χ0v) is 12.7. The van der Waals surface area contributed by atoms with E-state index in [9.17, 15) is 20.1 Å². The van der Waals surface area contributed by atoms with Crippen molar-refractivity contribution in [1.29, 1.82) is 0 Å². The Labute approximate surface area is 131 Å². The van der Waals surface area contributed by atoms with Gasteiger partial charge in [-0.25, -0.2) is 4.79 Å². The van der Waals surface area contributed by atoms with Crippen LogP contribution in [0, 0.1) is 6.92 Å². The number of fused-ring (bicyclic) bond motifs is 1. The van der Waals surface area contributed by atoms with Gasteiger partial charge in [0.05, 0.1) is 6.10 Å². The van der Waals surface area contributed by atoms with Crippen molar-refractivity contribution in [3.05, 3.63) is 40.2 Å². The molecule has 0 radical (unpaired) electrons. The van der Waals surface area contributed by atoms with Gasteiger partial charge in [-0.15, -0.1) is 0 Å². The summed E-state index contributed by atoms with van der Waals surface area (Å²) in [5.74, 6) is 0.311. The van der Waals surface area contributed by atoms with Crippen molar-refractivity contribution in [2.45, 2.75) is 44.6 Å². The predicted molar refractivity (Wildman–Crippen MR) is 80.2 cm³/mol. The van der Waals surface area contributed by atoms with E-state index in [1.54, 1.807) is 26.0 Å². The van der Waals surface area contributed by atoms with Crippen LogP contribution in [0.15, 0.2) is 33.5 Å². The first-order chi connectivity index (χ1) is 10.9. The summed E-state index contributed by atoms with van der Waals surface area (Å²) in [6.07, 6.45) is -5.80. The maximum atomic E-state index is 11.4. The molecule has 1 fully saturated rings. The highest BCUT2D eigenvalue weighted by Gasteiger charge is 2.43. The van der Waals surface area contributed by atoms with E-state index in [0.29, 0.717) is 11.3 Å². The van der Waals surface area contributed by atoms with Gasteiger partial charge in [0.2, 0.25) is 6.29 Å². The van der Waals surface area contributed by atoms with Gasteiger partial charge in [-0.05, 0) is 31.5 Å². The van der Waals surface area contributed by atoms with Crippen molar-refractivity contribution in [3.63, 3.8) is 0 Å². The highest BCUT2D eigenvalue weighted by Crippen LogP contribution is 2.27. The molecular weight excluding hydrogens is 304 g/mol. The van der Waals surface area contributed by atoms with Gasteiger partial charge >= 0.3 is 5.63 Å². The minimum Gasteiger partial charge on any atom is -0.462 e. The third-order valence-electron chi connectivity index (χ3n) is 3.98. The Kier molecular flexibility index (Phi) is 4.11. The largest absolute Gasteiger partial charge is 0.462 e. The molecule has 2 heterocycles. The van der Waals surface area contributed by atoms with Crippen LogP contribution in [-0.4, -0.2) is 46.0 Å². The van der Waals surface area contributed by atoms with Crippen LogP contribution in [0.5, 0.6) is 5.75 Å². The minimum atomic E-state index is -1.40. The van der Waals surface area contributed by atoms with Gasteiger partial charge in [-0.1, -0.05) is 0 Å². The van der Waals surface area contributed by atoms with Crippen LogP contribution in [-0.2, 0) is 4.74 Å². The maximum absolute atomic E-state index is 11.4. The lowest BCUT2D eigenvalue weighted by molar-refractivity contribution is -0.268. The third-order valence-corrected chi connectivity index (χ3v) is 3.98. The predicted octanol–water partition coefficient (Wildman–Crippen LogP) is 0.308. The Morgan fingerprint density at radius 1 is 1.09 bits per heavy atom. The van der Waals surface area contributed by atoms with Gasteiger partial charge in [0, 0.05) is 17.5 Å². The van der Waals surface area contributed by atoms with Crippen LogP contribution in [0.1, 0.15) is 12.5 Å². The Morgan fingerprint density at radius 2 is 1.83 bits per heavy atom. The first-order valence-electron chi connectivity index (χ1n) is 7.27. The molecular formula is C16H18O7. The highest BCUT2D eigenvalue weighted by atomic mass is 16.7. The Bertz CT molecular complexity index is 769. The van der Waals surface area contributed by atoms with E-state index < -0.39 is 36.3 Å². The van der Waals surface area contributed by atoms with E-state index in [1.807, 2.05) is 0 Å². The topological polar surface area (TPSA) is 109 Å². The number of hydrogen-bond donors (Lipinski definition) is 3. The minimum absolute atomic E-state index is 0.311. The fraction of sp³-hybridized carbons (Fsp3) is 0.438. The Hall–Kier alpha value is -1.93. The molecule has 1 aromatic heterocycles. The number of ether oxygens (including phenoxy) is 2. The van der Waals surface area contributed by atoms with E-state index in [-0.39, 0.29) is 0 Å². The second-order valence-electron chi connectivity index (χ2n) is 5.71. The number of aliphatic hydroxyl groups is 3. The maximum Gasteiger partial charge on any atom is 0.336 e. The summed E-state index contributed by atoms with van der Waals surface area (Å²) in [7, 11) is 0. The zero-order chi connectivity index (χ0) is 16.7. The molecule has 2 aromatic rings. The quantitative estimate of drug-likeness (QED) is 0.683. The molecule has 1 aromatic carbocycles. The summed E-state index contributed by atoms with van der Waals surface area (Å²) in [6, 6.07) is 6.29. The van der Waals surface area contributed by atoms with Crippen molar-refractivity contribution in [2.24, 2.45) is 0 Å². The van der Waals surface area contributed by atoms with Crippen molar-refractivity contribution >= 4 is 11.0 Å². The SMILES string of the molecule is Cc1cc(=O)oc2cc(O[C@@H]3OC(C)[C@@H](O)[C@H](O)C3O)ccc12. The molecule has 1 aliphatic heterocycles. The second kappa shape index (κ2) is 5.93. The van der Waals surface area contributed by atoms with Gasteiger partial charge in [-0.3, -0.25) is 0 Å². The Morgan fingerprint density at radius 3 is 2.57 bits per heavy atom. The number of hydrogen-bond acceptors (Lipinski definition) is 7. The molecule has 0 aliphatic carbocycles. The summed E-state index contributed by atoms with van der Waals surface area (Å²) >= 11 is 0. The first kappa shape index (κ1) is 15.9. The molecule has 0 bridgehead atoms.